The number of hydrogen-bond acceptors (Lipinski definition) is 3. The standard InChI is InChI=1S/C21H36O3/c1-18-13-11-16(19(18,2)15-8-5-4-6-9-15)20(12-7-10-17(20)22)21(18,23)14-24-3/h15-17,22-23H,4-14H2,1-3H3. The van der Waals surface area contributed by atoms with Gasteiger partial charge < -0.3 is 14.9 Å². The summed E-state index contributed by atoms with van der Waals surface area (Å²) < 4.78 is 5.60. The zero-order valence-electron chi connectivity index (χ0n) is 15.8. The highest BCUT2D eigenvalue weighted by Crippen LogP contribution is 2.82. The fraction of sp³-hybridized carbons (Fsp3) is 1.00. The van der Waals surface area contributed by atoms with E-state index in [0.29, 0.717) is 18.4 Å². The van der Waals surface area contributed by atoms with Crippen molar-refractivity contribution >= 4 is 0 Å². The summed E-state index contributed by atoms with van der Waals surface area (Å²) in [5.74, 6) is 1.13. The molecular weight excluding hydrogens is 300 g/mol. The molecule has 3 nitrogen and oxygen atoms in total. The molecule has 2 N–H and O–H groups in total. The Kier molecular flexibility index (Phi) is 3.92. The van der Waals surface area contributed by atoms with Gasteiger partial charge in [-0.25, -0.2) is 0 Å². The van der Waals surface area contributed by atoms with Crippen molar-refractivity contribution in [3.63, 3.8) is 0 Å². The van der Waals surface area contributed by atoms with E-state index in [1.165, 1.54) is 38.5 Å². The van der Waals surface area contributed by atoms with E-state index < -0.39 is 5.60 Å². The van der Waals surface area contributed by atoms with Gasteiger partial charge in [0, 0.05) is 17.9 Å². The van der Waals surface area contributed by atoms with Crippen molar-refractivity contribution in [3.8, 4) is 0 Å². The Balaban J connectivity index is 1.86. The average molecular weight is 337 g/mol. The highest BCUT2D eigenvalue weighted by Gasteiger charge is 2.83. The monoisotopic (exact) mass is 336 g/mol. The number of aliphatic hydroxyl groups excluding tert-OH is 1. The minimum atomic E-state index is -0.889. The maximum Gasteiger partial charge on any atom is 0.102 e. The number of ether oxygens (including phenoxy) is 1. The third kappa shape index (κ3) is 1.66. The largest absolute Gasteiger partial charge is 0.392 e. The maximum absolute atomic E-state index is 12.1. The van der Waals surface area contributed by atoms with Crippen LogP contribution in [0.3, 0.4) is 0 Å². The summed E-state index contributed by atoms with van der Waals surface area (Å²) in [6.45, 7) is 5.18. The van der Waals surface area contributed by atoms with E-state index in [4.69, 9.17) is 4.74 Å². The molecule has 24 heavy (non-hydrogen) atoms. The molecular formula is C21H36O3. The van der Waals surface area contributed by atoms with Crippen LogP contribution in [0.5, 0.6) is 0 Å². The first-order chi connectivity index (χ1) is 11.4. The summed E-state index contributed by atoms with van der Waals surface area (Å²) in [7, 11) is 1.71. The lowest BCUT2D eigenvalue weighted by Crippen LogP contribution is -2.62. The number of hydrogen-bond donors (Lipinski definition) is 2. The molecule has 4 rings (SSSR count). The van der Waals surface area contributed by atoms with E-state index >= 15 is 0 Å². The van der Waals surface area contributed by atoms with Crippen LogP contribution in [0.4, 0.5) is 0 Å². The molecule has 2 bridgehead atoms. The molecule has 0 aromatic rings. The molecule has 4 aliphatic rings. The average Bonchev–Trinajstić information content (AvgIpc) is 3.12. The molecule has 0 aromatic carbocycles. The van der Waals surface area contributed by atoms with Crippen molar-refractivity contribution in [1.82, 2.24) is 0 Å². The summed E-state index contributed by atoms with van der Waals surface area (Å²) in [6.07, 6.45) is 11.4. The van der Waals surface area contributed by atoms with Gasteiger partial charge in [-0.3, -0.25) is 0 Å². The first-order valence-corrected chi connectivity index (χ1v) is 10.3. The van der Waals surface area contributed by atoms with E-state index in [-0.39, 0.29) is 22.3 Å². The third-order valence-electron chi connectivity index (χ3n) is 9.62. The van der Waals surface area contributed by atoms with Crippen molar-refractivity contribution in [1.29, 1.82) is 0 Å². The summed E-state index contributed by atoms with van der Waals surface area (Å²) in [6, 6.07) is 0. The molecule has 4 saturated carbocycles. The predicted molar refractivity (Wildman–Crippen MR) is 94.6 cm³/mol. The van der Waals surface area contributed by atoms with E-state index in [2.05, 4.69) is 13.8 Å². The van der Waals surface area contributed by atoms with Crippen molar-refractivity contribution in [2.45, 2.75) is 89.8 Å². The van der Waals surface area contributed by atoms with Crippen LogP contribution in [0.2, 0.25) is 0 Å². The lowest BCUT2D eigenvalue weighted by molar-refractivity contribution is -0.216. The highest BCUT2D eigenvalue weighted by atomic mass is 16.5. The maximum atomic E-state index is 12.1. The molecule has 0 radical (unpaired) electrons. The Morgan fingerprint density at radius 2 is 1.67 bits per heavy atom. The minimum absolute atomic E-state index is 0.131. The second kappa shape index (κ2) is 5.44. The zero-order chi connectivity index (χ0) is 17.2. The van der Waals surface area contributed by atoms with E-state index in [1.807, 2.05) is 0 Å². The van der Waals surface area contributed by atoms with Crippen LogP contribution < -0.4 is 0 Å². The molecule has 0 amide bonds. The third-order valence-corrected chi connectivity index (χ3v) is 9.62. The molecule has 0 heterocycles. The van der Waals surface area contributed by atoms with Crippen molar-refractivity contribution < 1.29 is 14.9 Å². The smallest absolute Gasteiger partial charge is 0.102 e. The Hall–Kier alpha value is -0.120. The molecule has 4 fully saturated rings. The van der Waals surface area contributed by atoms with Crippen LogP contribution in [0.15, 0.2) is 0 Å². The predicted octanol–water partition coefficient (Wildman–Crippen LogP) is 3.91. The number of methoxy groups -OCH3 is 1. The van der Waals surface area contributed by atoms with Crippen LogP contribution in [0.25, 0.3) is 0 Å². The lowest BCUT2D eigenvalue weighted by Gasteiger charge is -2.54. The van der Waals surface area contributed by atoms with Crippen LogP contribution in [0, 0.1) is 28.1 Å². The van der Waals surface area contributed by atoms with Gasteiger partial charge in [0.05, 0.1) is 12.7 Å². The van der Waals surface area contributed by atoms with Gasteiger partial charge in [0.25, 0.3) is 0 Å². The summed E-state index contributed by atoms with van der Waals surface area (Å²) >= 11 is 0. The normalized spacial score (nSPS) is 54.9. The van der Waals surface area contributed by atoms with Gasteiger partial charge in [-0.1, -0.05) is 39.5 Å². The Morgan fingerprint density at radius 1 is 0.958 bits per heavy atom. The van der Waals surface area contributed by atoms with E-state index in [0.717, 1.165) is 25.7 Å². The molecule has 0 saturated heterocycles. The van der Waals surface area contributed by atoms with Gasteiger partial charge in [-0.2, -0.15) is 0 Å². The van der Waals surface area contributed by atoms with Crippen molar-refractivity contribution in [2.24, 2.45) is 28.1 Å². The van der Waals surface area contributed by atoms with E-state index in [9.17, 15) is 10.2 Å². The first kappa shape index (κ1) is 17.3. The molecule has 0 aromatic heterocycles. The SMILES string of the molecule is COCC1(O)C2(CCCC2O)C2CCC1(C)C2(C)C1CCCCC1. The van der Waals surface area contributed by atoms with E-state index in [1.54, 1.807) is 7.11 Å². The van der Waals surface area contributed by atoms with Crippen LogP contribution in [0.1, 0.15) is 78.1 Å². The topological polar surface area (TPSA) is 49.7 Å². The fourth-order valence-electron chi connectivity index (χ4n) is 8.47. The Morgan fingerprint density at radius 3 is 2.25 bits per heavy atom. The summed E-state index contributed by atoms with van der Waals surface area (Å²) in [5.41, 5.74) is -1.25. The molecule has 3 heteroatoms. The van der Waals surface area contributed by atoms with Gasteiger partial charge >= 0.3 is 0 Å². The van der Waals surface area contributed by atoms with Gasteiger partial charge in [0.2, 0.25) is 0 Å². The van der Waals surface area contributed by atoms with Crippen LogP contribution in [-0.4, -0.2) is 35.6 Å². The lowest BCUT2D eigenvalue weighted by atomic mass is 9.55. The molecule has 6 unspecified atom stereocenters. The Bertz CT molecular complexity index is 501. The van der Waals surface area contributed by atoms with Gasteiger partial charge in [0.15, 0.2) is 0 Å². The number of aliphatic hydroxyl groups is 2. The van der Waals surface area contributed by atoms with Crippen LogP contribution in [-0.2, 0) is 4.74 Å². The fourth-order valence-corrected chi connectivity index (χ4v) is 8.47. The first-order valence-electron chi connectivity index (χ1n) is 10.3. The minimum Gasteiger partial charge on any atom is -0.392 e. The number of fused-ring (bicyclic) bond motifs is 3. The molecule has 138 valence electrons. The second-order valence-corrected chi connectivity index (χ2v) is 9.78. The quantitative estimate of drug-likeness (QED) is 0.821. The molecule has 4 aliphatic carbocycles. The Labute approximate surface area is 147 Å². The van der Waals surface area contributed by atoms with Gasteiger partial charge in [-0.05, 0) is 55.8 Å². The van der Waals surface area contributed by atoms with Crippen LogP contribution >= 0.6 is 0 Å². The molecule has 1 spiro atoms. The number of rotatable bonds is 3. The summed E-state index contributed by atoms with van der Waals surface area (Å²) in [5, 5.41) is 23.2. The second-order valence-electron chi connectivity index (χ2n) is 9.78. The van der Waals surface area contributed by atoms with Gasteiger partial charge in [-0.15, -0.1) is 0 Å². The zero-order valence-corrected chi connectivity index (χ0v) is 15.8. The van der Waals surface area contributed by atoms with Crippen molar-refractivity contribution in [3.05, 3.63) is 0 Å². The highest BCUT2D eigenvalue weighted by molar-refractivity contribution is 5.31. The molecule has 6 atom stereocenters. The molecule has 0 aliphatic heterocycles. The summed E-state index contributed by atoms with van der Waals surface area (Å²) in [4.78, 5) is 0. The van der Waals surface area contributed by atoms with Crippen molar-refractivity contribution in [2.75, 3.05) is 13.7 Å². The van der Waals surface area contributed by atoms with Gasteiger partial charge in [0.1, 0.15) is 5.60 Å².